The third-order valence-electron chi connectivity index (χ3n) is 2.77. The number of nitrogens with one attached hydrogen (secondary N) is 1. The summed E-state index contributed by atoms with van der Waals surface area (Å²) in [6.45, 7) is 2.51. The molecule has 1 heterocycles. The maximum atomic E-state index is 10.8. The Hall–Kier alpha value is -1.93. The third kappa shape index (κ3) is 4.27. The van der Waals surface area contributed by atoms with Gasteiger partial charge in [0.1, 0.15) is 0 Å². The Kier molecular flexibility index (Phi) is 5.29. The van der Waals surface area contributed by atoms with Crippen LogP contribution in [0.15, 0.2) is 34.4 Å². The number of non-ortho nitro benzene ring substituents is 1. The van der Waals surface area contributed by atoms with E-state index < -0.39 is 4.92 Å². The summed E-state index contributed by atoms with van der Waals surface area (Å²) in [6.07, 6.45) is 0. The van der Waals surface area contributed by atoms with Crippen molar-refractivity contribution in [1.82, 2.24) is 5.43 Å². The maximum absolute atomic E-state index is 10.8. The predicted octanol–water partition coefficient (Wildman–Crippen LogP) is 2.03. The van der Waals surface area contributed by atoms with Crippen molar-refractivity contribution in [2.24, 2.45) is 10.1 Å². The number of ether oxygens (including phenoxy) is 1. The molecule has 0 spiro atoms. The third-order valence-corrected chi connectivity index (χ3v) is 3.66. The Labute approximate surface area is 126 Å². The zero-order chi connectivity index (χ0) is 15.2. The number of rotatable bonds is 5. The van der Waals surface area contributed by atoms with Crippen LogP contribution in [0.3, 0.4) is 0 Å². The number of amidine groups is 1. The Bertz CT molecular complexity index is 589. The van der Waals surface area contributed by atoms with Gasteiger partial charge < -0.3 is 4.74 Å². The van der Waals surface area contributed by atoms with Gasteiger partial charge in [0.25, 0.3) is 5.69 Å². The fraction of sp³-hybridized carbons (Fsp3) is 0.385. The number of nitro groups is 1. The van der Waals surface area contributed by atoms with Gasteiger partial charge in [-0.2, -0.15) is 5.10 Å². The van der Waals surface area contributed by atoms with Crippen molar-refractivity contribution in [1.29, 1.82) is 0 Å². The average molecular weight is 308 g/mol. The molecule has 1 N–H and O–H groups in total. The minimum atomic E-state index is -0.410. The highest BCUT2D eigenvalue weighted by atomic mass is 32.2. The molecular weight excluding hydrogens is 292 g/mol. The van der Waals surface area contributed by atoms with Gasteiger partial charge in [-0.25, -0.2) is 0 Å². The highest BCUT2D eigenvalue weighted by Crippen LogP contribution is 2.18. The molecule has 0 unspecified atom stereocenters. The molecule has 0 saturated heterocycles. The summed E-state index contributed by atoms with van der Waals surface area (Å²) in [6, 6.07) is 6.51. The molecule has 1 aliphatic rings. The Morgan fingerprint density at radius 3 is 3.05 bits per heavy atom. The molecule has 0 amide bonds. The number of methoxy groups -OCH3 is 1. The predicted molar refractivity (Wildman–Crippen MR) is 84.0 cm³/mol. The second-order valence-electron chi connectivity index (χ2n) is 4.51. The van der Waals surface area contributed by atoms with Crippen LogP contribution in [0.2, 0.25) is 0 Å². The normalized spacial score (nSPS) is 18.0. The molecule has 1 aliphatic heterocycles. The van der Waals surface area contributed by atoms with Crippen LogP contribution in [0.1, 0.15) is 12.5 Å². The minimum absolute atomic E-state index is 0.0552. The molecule has 0 fully saturated rings. The van der Waals surface area contributed by atoms with Gasteiger partial charge in [0.15, 0.2) is 5.17 Å². The first kappa shape index (κ1) is 15.5. The van der Waals surface area contributed by atoms with E-state index in [1.54, 1.807) is 13.2 Å². The van der Waals surface area contributed by atoms with E-state index in [9.17, 15) is 10.1 Å². The Morgan fingerprint density at radius 1 is 1.62 bits per heavy atom. The van der Waals surface area contributed by atoms with Crippen LogP contribution >= 0.6 is 11.8 Å². The quantitative estimate of drug-likeness (QED) is 0.664. The van der Waals surface area contributed by atoms with Gasteiger partial charge in [-0.3, -0.25) is 20.5 Å². The zero-order valence-electron chi connectivity index (χ0n) is 11.8. The highest BCUT2D eigenvalue weighted by Gasteiger charge is 2.16. The second-order valence-corrected chi connectivity index (χ2v) is 5.47. The molecule has 2 rings (SSSR count). The van der Waals surface area contributed by atoms with Crippen LogP contribution in [0, 0.1) is 10.1 Å². The van der Waals surface area contributed by atoms with E-state index >= 15 is 0 Å². The van der Waals surface area contributed by atoms with Crippen LogP contribution in [-0.2, 0) is 4.74 Å². The summed E-state index contributed by atoms with van der Waals surface area (Å²) in [5.41, 5.74) is 4.45. The van der Waals surface area contributed by atoms with Crippen LogP contribution < -0.4 is 5.43 Å². The van der Waals surface area contributed by atoms with Crippen molar-refractivity contribution in [2.45, 2.75) is 13.0 Å². The van der Waals surface area contributed by atoms with Crippen molar-refractivity contribution < 1.29 is 9.66 Å². The number of thioether (sulfide) groups is 1. The number of hydrogen-bond donors (Lipinski definition) is 1. The van der Waals surface area contributed by atoms with Gasteiger partial charge in [-0.1, -0.05) is 23.9 Å². The monoisotopic (exact) mass is 308 g/mol. The molecule has 0 saturated carbocycles. The van der Waals surface area contributed by atoms with E-state index in [1.807, 2.05) is 13.0 Å². The molecule has 0 radical (unpaired) electrons. The fourth-order valence-electron chi connectivity index (χ4n) is 1.81. The smallest absolute Gasteiger partial charge is 0.270 e. The molecule has 1 aromatic carbocycles. The number of nitrogens with zero attached hydrogens (tertiary/aromatic N) is 3. The molecular formula is C13H16N4O3S. The summed E-state index contributed by atoms with van der Waals surface area (Å²) in [5, 5.41) is 15.8. The van der Waals surface area contributed by atoms with E-state index in [1.165, 1.54) is 23.9 Å². The van der Waals surface area contributed by atoms with Gasteiger partial charge in [-0.15, -0.1) is 0 Å². The SMILES string of the molecule is COC[C@H](C)N=C1NN=C(c2cccc([N+](=O)[O-])c2)CS1. The largest absolute Gasteiger partial charge is 0.382 e. The lowest BCUT2D eigenvalue weighted by Gasteiger charge is -2.16. The van der Waals surface area contributed by atoms with Gasteiger partial charge in [-0.05, 0) is 6.92 Å². The number of aliphatic imine (C=N–C) groups is 1. The summed E-state index contributed by atoms with van der Waals surface area (Å²) in [4.78, 5) is 14.8. The van der Waals surface area contributed by atoms with E-state index in [2.05, 4.69) is 15.5 Å². The minimum Gasteiger partial charge on any atom is -0.382 e. The van der Waals surface area contributed by atoms with Crippen LogP contribution in [-0.4, -0.2) is 41.3 Å². The lowest BCUT2D eigenvalue weighted by atomic mass is 10.1. The highest BCUT2D eigenvalue weighted by molar-refractivity contribution is 8.14. The van der Waals surface area contributed by atoms with Crippen LogP contribution in [0.4, 0.5) is 5.69 Å². The first-order valence-electron chi connectivity index (χ1n) is 6.37. The number of benzene rings is 1. The number of nitro benzene ring substituents is 1. The summed E-state index contributed by atoms with van der Waals surface area (Å²) < 4.78 is 5.03. The number of hydrazone groups is 1. The lowest BCUT2D eigenvalue weighted by molar-refractivity contribution is -0.384. The van der Waals surface area contributed by atoms with E-state index in [4.69, 9.17) is 4.74 Å². The molecule has 1 atom stereocenters. The average Bonchev–Trinajstić information content (AvgIpc) is 2.48. The van der Waals surface area contributed by atoms with Crippen LogP contribution in [0.25, 0.3) is 0 Å². The molecule has 0 aromatic heterocycles. The first-order valence-corrected chi connectivity index (χ1v) is 7.35. The number of hydrogen-bond acceptors (Lipinski definition) is 6. The Balaban J connectivity index is 2.09. The van der Waals surface area contributed by atoms with Crippen molar-refractivity contribution in [3.63, 3.8) is 0 Å². The van der Waals surface area contributed by atoms with Gasteiger partial charge in [0, 0.05) is 30.6 Å². The van der Waals surface area contributed by atoms with E-state index in [-0.39, 0.29) is 11.7 Å². The van der Waals surface area contributed by atoms with Crippen molar-refractivity contribution >= 4 is 28.3 Å². The standard InChI is InChI=1S/C13H16N4O3S/c1-9(7-20-2)14-13-16-15-12(8-21-13)10-4-3-5-11(6-10)17(18)19/h3-6,9H,7-8H2,1-2H3,(H,14,16)/t9-/m0/s1. The Morgan fingerprint density at radius 2 is 2.43 bits per heavy atom. The summed E-state index contributed by atoms with van der Waals surface area (Å²) in [7, 11) is 1.64. The lowest BCUT2D eigenvalue weighted by Crippen LogP contribution is -2.27. The molecule has 1 aromatic rings. The van der Waals surface area contributed by atoms with Crippen molar-refractivity contribution in [3.8, 4) is 0 Å². The van der Waals surface area contributed by atoms with Crippen molar-refractivity contribution in [3.05, 3.63) is 39.9 Å². The molecule has 112 valence electrons. The molecule has 7 nitrogen and oxygen atoms in total. The first-order chi connectivity index (χ1) is 10.1. The van der Waals surface area contributed by atoms with Crippen LogP contribution in [0.5, 0.6) is 0 Å². The molecule has 0 bridgehead atoms. The van der Waals surface area contributed by atoms with Crippen molar-refractivity contribution in [2.75, 3.05) is 19.5 Å². The molecule has 21 heavy (non-hydrogen) atoms. The zero-order valence-corrected chi connectivity index (χ0v) is 12.6. The molecule has 8 heteroatoms. The van der Waals surface area contributed by atoms with E-state index in [0.29, 0.717) is 12.4 Å². The maximum Gasteiger partial charge on any atom is 0.270 e. The second kappa shape index (κ2) is 7.19. The summed E-state index contributed by atoms with van der Waals surface area (Å²) in [5.74, 6) is 0.618. The molecule has 0 aliphatic carbocycles. The van der Waals surface area contributed by atoms with Gasteiger partial charge in [0.2, 0.25) is 0 Å². The topological polar surface area (TPSA) is 89.1 Å². The summed E-state index contributed by atoms with van der Waals surface area (Å²) >= 11 is 1.52. The van der Waals surface area contributed by atoms with Gasteiger partial charge >= 0.3 is 0 Å². The van der Waals surface area contributed by atoms with Gasteiger partial charge in [0.05, 0.1) is 23.3 Å². The van der Waals surface area contributed by atoms with E-state index in [0.717, 1.165) is 16.4 Å². The fourth-order valence-corrected chi connectivity index (χ4v) is 2.68.